The first-order valence-electron chi connectivity index (χ1n) is 9.75. The van der Waals surface area contributed by atoms with E-state index in [0.29, 0.717) is 10.7 Å². The molecule has 4 heterocycles. The molecule has 0 radical (unpaired) electrons. The number of carbonyl (C=O) groups excluding carboxylic acids is 3. The molecule has 3 aliphatic rings. The van der Waals surface area contributed by atoms with Crippen LogP contribution in [0.2, 0.25) is 0 Å². The first-order chi connectivity index (χ1) is 17.0. The number of carbonyl (C=O) groups is 5. The first kappa shape index (κ1) is 26.3. The van der Waals surface area contributed by atoms with Crippen molar-refractivity contribution in [1.82, 2.24) is 30.4 Å². The molecule has 0 aliphatic carbocycles. The molecule has 4 rings (SSSR count). The lowest BCUT2D eigenvalue weighted by Gasteiger charge is -2.56. The number of methoxy groups -OCH3 is 1. The predicted octanol–water partition coefficient (Wildman–Crippen LogP) is -1.40. The lowest BCUT2D eigenvalue weighted by molar-refractivity contribution is -0.192. The van der Waals surface area contributed by atoms with E-state index in [1.807, 2.05) is 0 Å². The summed E-state index contributed by atoms with van der Waals surface area (Å²) >= 11 is 4.06. The topological polar surface area (TPSA) is 220 Å². The number of hydrogen-bond donors (Lipinski definition) is 4. The van der Waals surface area contributed by atoms with Crippen molar-refractivity contribution in [3.8, 4) is 0 Å². The molecular weight excluding hydrogens is 558 g/mol. The highest BCUT2D eigenvalue weighted by molar-refractivity contribution is 8.39. The van der Waals surface area contributed by atoms with E-state index < -0.39 is 50.9 Å². The second-order valence-corrected chi connectivity index (χ2v) is 12.1. The number of β-lactam (4-membered cyclic amide) rings is 1. The number of carboxylic acid groups (broad SMARTS) is 2. The Hall–Kier alpha value is -2.74. The van der Waals surface area contributed by atoms with Gasteiger partial charge in [0.05, 0.1) is 4.24 Å². The van der Waals surface area contributed by atoms with E-state index in [1.165, 1.54) is 35.3 Å². The zero-order valence-corrected chi connectivity index (χ0v) is 21.6. The standard InChI is InChI=1S/C17H17N7O8S4/c1-23-16(20-21-22-23)34-4-5-3-33-15-17(32-2,14(31)24(15)7(5)11(29)30)19-9(26)13-35-12(36-13)6(8(18)25)10(27)28/h13,15H,3-4H2,1-2H3,(H2,18,25)(H,19,26)(H,27,28)(H,29,30)/t13?,15?,17-/m0/s1. The second-order valence-electron chi connectivity index (χ2n) is 7.30. The van der Waals surface area contributed by atoms with Gasteiger partial charge >= 0.3 is 11.9 Å². The van der Waals surface area contributed by atoms with E-state index in [2.05, 4.69) is 20.8 Å². The minimum atomic E-state index is -1.81. The minimum absolute atomic E-state index is 0.0755. The molecule has 3 amide bonds. The van der Waals surface area contributed by atoms with Gasteiger partial charge in [0.15, 0.2) is 0 Å². The summed E-state index contributed by atoms with van der Waals surface area (Å²) in [5.74, 6) is -4.89. The fraction of sp³-hybridized carbons (Fsp3) is 0.412. The van der Waals surface area contributed by atoms with Crippen LogP contribution in [0.25, 0.3) is 0 Å². The van der Waals surface area contributed by atoms with Gasteiger partial charge in [-0.2, -0.15) is 0 Å². The molecule has 1 aromatic heterocycles. The summed E-state index contributed by atoms with van der Waals surface area (Å²) in [7, 11) is 2.86. The number of fused-ring (bicyclic) bond motifs is 1. The van der Waals surface area contributed by atoms with E-state index in [1.54, 1.807) is 7.05 Å². The molecule has 1 unspecified atom stereocenters. The van der Waals surface area contributed by atoms with Crippen molar-refractivity contribution >= 4 is 76.7 Å². The van der Waals surface area contributed by atoms with Gasteiger partial charge < -0.3 is 26.0 Å². The summed E-state index contributed by atoms with van der Waals surface area (Å²) in [6, 6.07) is 0. The molecule has 0 spiro atoms. The van der Waals surface area contributed by atoms with Crippen LogP contribution in [0, 0.1) is 0 Å². The second kappa shape index (κ2) is 9.96. The molecule has 0 bridgehead atoms. The van der Waals surface area contributed by atoms with E-state index in [9.17, 15) is 29.1 Å². The van der Waals surface area contributed by atoms with Crippen molar-refractivity contribution in [1.29, 1.82) is 0 Å². The number of aromatic nitrogens is 4. The number of aliphatic carboxylic acids is 2. The van der Waals surface area contributed by atoms with Gasteiger partial charge in [-0.3, -0.25) is 19.3 Å². The number of nitrogens with zero attached hydrogens (tertiary/aromatic N) is 5. The van der Waals surface area contributed by atoms with Crippen LogP contribution >= 0.6 is 47.0 Å². The summed E-state index contributed by atoms with van der Waals surface area (Å²) in [6.07, 6.45) is 0. The Balaban J connectivity index is 1.49. The normalized spacial score (nSPS) is 25.0. The quantitative estimate of drug-likeness (QED) is 0.0664. The summed E-state index contributed by atoms with van der Waals surface area (Å²) in [5, 5.41) is 32.2. The van der Waals surface area contributed by atoms with E-state index in [4.69, 9.17) is 15.6 Å². The largest absolute Gasteiger partial charge is 0.477 e. The van der Waals surface area contributed by atoms with Crippen LogP contribution in [-0.4, -0.2) is 99.3 Å². The van der Waals surface area contributed by atoms with Gasteiger partial charge in [0.1, 0.15) is 21.2 Å². The smallest absolute Gasteiger partial charge is 0.352 e. The molecule has 0 saturated carbocycles. The first-order valence-corrected chi connectivity index (χ1v) is 13.5. The number of nitrogens with one attached hydrogen (secondary N) is 1. The molecule has 1 aromatic rings. The van der Waals surface area contributed by atoms with Crippen LogP contribution in [0.3, 0.4) is 0 Å². The number of tetrazole rings is 1. The summed E-state index contributed by atoms with van der Waals surface area (Å²) < 4.78 is 6.05. The monoisotopic (exact) mass is 575 g/mol. The molecule has 2 atom stereocenters. The van der Waals surface area contributed by atoms with Crippen LogP contribution in [0.15, 0.2) is 26.2 Å². The SMILES string of the molecule is CO[C@@]1(NC(=O)C2SC(=C(C(N)=O)C(=O)O)S2)C(=O)N2C(C(=O)O)=C(CSc3nnnn3C)CSC21. The van der Waals surface area contributed by atoms with Gasteiger partial charge in [0, 0.05) is 25.7 Å². The summed E-state index contributed by atoms with van der Waals surface area (Å²) in [5.41, 5.74) is 2.93. The average molecular weight is 576 g/mol. The van der Waals surface area contributed by atoms with Crippen molar-refractivity contribution < 1.29 is 38.9 Å². The third-order valence-corrected chi connectivity index (χ3v) is 10.5. The Morgan fingerprint density at radius 1 is 1.31 bits per heavy atom. The minimum Gasteiger partial charge on any atom is -0.477 e. The number of primary amides is 1. The number of amides is 3. The number of hydrogen-bond acceptors (Lipinski definition) is 13. The highest BCUT2D eigenvalue weighted by atomic mass is 32.3. The lowest BCUT2D eigenvalue weighted by atomic mass is 9.98. The van der Waals surface area contributed by atoms with Crippen molar-refractivity contribution in [2.45, 2.75) is 20.8 Å². The van der Waals surface area contributed by atoms with Crippen molar-refractivity contribution in [3.05, 3.63) is 21.1 Å². The molecule has 2 fully saturated rings. The number of ether oxygens (including phenoxy) is 1. The van der Waals surface area contributed by atoms with Crippen molar-refractivity contribution in [2.75, 3.05) is 18.6 Å². The number of rotatable bonds is 9. The Morgan fingerprint density at radius 2 is 2.00 bits per heavy atom. The molecule has 15 nitrogen and oxygen atoms in total. The van der Waals surface area contributed by atoms with Crippen LogP contribution in [0.4, 0.5) is 0 Å². The Kier molecular flexibility index (Phi) is 7.28. The van der Waals surface area contributed by atoms with E-state index in [0.717, 1.165) is 28.4 Å². The number of thioether (sulfide) groups is 4. The highest BCUT2D eigenvalue weighted by Gasteiger charge is 2.67. The molecule has 3 aliphatic heterocycles. The third kappa shape index (κ3) is 4.33. The number of aryl methyl sites for hydroxylation is 1. The maximum absolute atomic E-state index is 13.2. The highest BCUT2D eigenvalue weighted by Crippen LogP contribution is 2.53. The molecule has 0 aromatic carbocycles. The third-order valence-electron chi connectivity index (χ3n) is 5.21. The predicted molar refractivity (Wildman–Crippen MR) is 128 cm³/mol. The zero-order valence-electron chi connectivity index (χ0n) is 18.4. The van der Waals surface area contributed by atoms with Gasteiger partial charge in [-0.15, -0.1) is 16.9 Å². The van der Waals surface area contributed by atoms with E-state index in [-0.39, 0.29) is 21.4 Å². The Bertz CT molecular complexity index is 1230. The summed E-state index contributed by atoms with van der Waals surface area (Å²) in [6.45, 7) is 0. The van der Waals surface area contributed by atoms with Gasteiger partial charge in [0.2, 0.25) is 11.1 Å². The Labute approximate surface area is 219 Å². The van der Waals surface area contributed by atoms with Gasteiger partial charge in [-0.05, 0) is 16.0 Å². The lowest BCUT2D eigenvalue weighted by Crippen LogP contribution is -2.81. The van der Waals surface area contributed by atoms with Crippen molar-refractivity contribution in [3.63, 3.8) is 0 Å². The molecule has 19 heteroatoms. The number of carboxylic acids is 2. The van der Waals surface area contributed by atoms with Gasteiger partial charge in [-0.25, -0.2) is 14.3 Å². The fourth-order valence-corrected chi connectivity index (χ4v) is 8.16. The fourth-order valence-electron chi connectivity index (χ4n) is 3.51. The van der Waals surface area contributed by atoms with E-state index >= 15 is 0 Å². The average Bonchev–Trinajstić information content (AvgIpc) is 3.20. The molecule has 5 N–H and O–H groups in total. The maximum atomic E-state index is 13.2. The molecular formula is C17H17N7O8S4. The molecule has 2 saturated heterocycles. The van der Waals surface area contributed by atoms with Gasteiger partial charge in [-0.1, -0.05) is 35.3 Å². The van der Waals surface area contributed by atoms with Crippen molar-refractivity contribution in [2.24, 2.45) is 12.8 Å². The van der Waals surface area contributed by atoms with Crippen LogP contribution < -0.4 is 11.1 Å². The number of nitrogens with two attached hydrogens (primary N) is 1. The van der Waals surface area contributed by atoms with Crippen LogP contribution in [0.5, 0.6) is 0 Å². The maximum Gasteiger partial charge on any atom is 0.352 e. The molecule has 192 valence electrons. The molecule has 36 heavy (non-hydrogen) atoms. The van der Waals surface area contributed by atoms with Gasteiger partial charge in [0.25, 0.3) is 17.5 Å². The van der Waals surface area contributed by atoms with Crippen LogP contribution in [-0.2, 0) is 35.8 Å². The zero-order chi connectivity index (χ0) is 26.4. The Morgan fingerprint density at radius 3 is 2.53 bits per heavy atom. The van der Waals surface area contributed by atoms with Crippen LogP contribution in [0.1, 0.15) is 0 Å². The summed E-state index contributed by atoms with van der Waals surface area (Å²) in [4.78, 5) is 61.7.